The van der Waals surface area contributed by atoms with E-state index in [1.165, 1.54) is 0 Å². The number of H-pyrrole nitrogens is 1. The minimum absolute atomic E-state index is 0.217. The maximum Gasteiger partial charge on any atom is 0.260 e. The second kappa shape index (κ2) is 3.35. The second-order valence-corrected chi connectivity index (χ2v) is 4.00. The molecule has 86 valence electrons. The molecular formula is C12H11N3O2. The van der Waals surface area contributed by atoms with Gasteiger partial charge >= 0.3 is 0 Å². The predicted octanol–water partition coefficient (Wildman–Crippen LogP) is 2.54. The highest BCUT2D eigenvalue weighted by Crippen LogP contribution is 2.32. The van der Waals surface area contributed by atoms with Crippen LogP contribution in [-0.4, -0.2) is 20.2 Å². The molecule has 1 aromatic carbocycles. The molecule has 17 heavy (non-hydrogen) atoms. The summed E-state index contributed by atoms with van der Waals surface area (Å²) in [5.41, 5.74) is 2.72. The van der Waals surface area contributed by atoms with E-state index in [9.17, 15) is 5.11 Å². The fraction of sp³-hybridized carbons (Fsp3) is 0.167. The van der Waals surface area contributed by atoms with Crippen molar-refractivity contribution in [2.24, 2.45) is 0 Å². The lowest BCUT2D eigenvalue weighted by Crippen LogP contribution is -1.80. The lowest BCUT2D eigenvalue weighted by Gasteiger charge is -1.95. The van der Waals surface area contributed by atoms with Crippen LogP contribution in [0.5, 0.6) is 5.75 Å². The van der Waals surface area contributed by atoms with Gasteiger partial charge in [-0.2, -0.15) is 4.98 Å². The van der Waals surface area contributed by atoms with Gasteiger partial charge in [0, 0.05) is 16.6 Å². The molecule has 0 aliphatic heterocycles. The minimum atomic E-state index is 0.217. The summed E-state index contributed by atoms with van der Waals surface area (Å²) in [5.74, 6) is 1.28. The van der Waals surface area contributed by atoms with Crippen LogP contribution in [0.3, 0.4) is 0 Å². The lowest BCUT2D eigenvalue weighted by molar-refractivity contribution is 0.426. The Labute approximate surface area is 97.1 Å². The van der Waals surface area contributed by atoms with Crippen LogP contribution in [0.25, 0.3) is 22.4 Å². The average molecular weight is 229 g/mol. The first kappa shape index (κ1) is 9.89. The van der Waals surface area contributed by atoms with Crippen molar-refractivity contribution in [3.05, 3.63) is 29.7 Å². The van der Waals surface area contributed by atoms with E-state index in [0.29, 0.717) is 11.7 Å². The van der Waals surface area contributed by atoms with Crippen LogP contribution in [0.15, 0.2) is 22.7 Å². The van der Waals surface area contributed by atoms with Crippen molar-refractivity contribution in [2.75, 3.05) is 0 Å². The Kier molecular flexibility index (Phi) is 1.95. The van der Waals surface area contributed by atoms with Gasteiger partial charge in [-0.3, -0.25) is 0 Å². The van der Waals surface area contributed by atoms with Crippen LogP contribution in [0.2, 0.25) is 0 Å². The van der Waals surface area contributed by atoms with Crippen molar-refractivity contribution in [2.45, 2.75) is 13.8 Å². The van der Waals surface area contributed by atoms with Crippen LogP contribution >= 0.6 is 0 Å². The van der Waals surface area contributed by atoms with Crippen LogP contribution in [0.4, 0.5) is 0 Å². The van der Waals surface area contributed by atoms with Crippen LogP contribution in [0.1, 0.15) is 11.5 Å². The molecule has 5 heteroatoms. The molecule has 0 radical (unpaired) electrons. The van der Waals surface area contributed by atoms with E-state index in [1.54, 1.807) is 19.1 Å². The number of phenols is 1. The molecule has 0 saturated heterocycles. The van der Waals surface area contributed by atoms with E-state index in [1.807, 2.05) is 13.0 Å². The summed E-state index contributed by atoms with van der Waals surface area (Å²) < 4.78 is 5.17. The van der Waals surface area contributed by atoms with Crippen LogP contribution < -0.4 is 0 Å². The number of aryl methyl sites for hydroxylation is 2. The number of fused-ring (bicyclic) bond motifs is 1. The molecule has 0 amide bonds. The second-order valence-electron chi connectivity index (χ2n) is 4.00. The standard InChI is InChI=1S/C12H11N3O2/c1-6-11(12-14-7(2)15-17-12)9-5-8(16)3-4-10(9)13-6/h3-5,13,16H,1-2H3. The van der Waals surface area contributed by atoms with Crippen molar-refractivity contribution < 1.29 is 9.63 Å². The minimum Gasteiger partial charge on any atom is -0.508 e. The molecule has 0 aliphatic carbocycles. The molecule has 0 atom stereocenters. The van der Waals surface area contributed by atoms with Crippen molar-refractivity contribution in [3.63, 3.8) is 0 Å². The Morgan fingerprint density at radius 1 is 1.29 bits per heavy atom. The maximum absolute atomic E-state index is 9.54. The number of rotatable bonds is 1. The van der Waals surface area contributed by atoms with E-state index in [2.05, 4.69) is 15.1 Å². The van der Waals surface area contributed by atoms with Crippen molar-refractivity contribution in [1.82, 2.24) is 15.1 Å². The van der Waals surface area contributed by atoms with Gasteiger partial charge in [-0.25, -0.2) is 0 Å². The van der Waals surface area contributed by atoms with Gasteiger partial charge in [0.15, 0.2) is 5.82 Å². The molecule has 0 saturated carbocycles. The summed E-state index contributed by atoms with van der Waals surface area (Å²) in [4.78, 5) is 7.44. The monoisotopic (exact) mass is 229 g/mol. The molecule has 0 fully saturated rings. The summed E-state index contributed by atoms with van der Waals surface area (Å²) in [5, 5.41) is 14.2. The summed E-state index contributed by atoms with van der Waals surface area (Å²) in [6.45, 7) is 3.71. The molecule has 3 aromatic rings. The highest BCUT2D eigenvalue weighted by Gasteiger charge is 2.16. The zero-order chi connectivity index (χ0) is 12.0. The molecular weight excluding hydrogens is 218 g/mol. The highest BCUT2D eigenvalue weighted by atomic mass is 16.5. The Hall–Kier alpha value is -2.30. The highest BCUT2D eigenvalue weighted by molar-refractivity contribution is 5.96. The first-order valence-electron chi connectivity index (χ1n) is 5.27. The largest absolute Gasteiger partial charge is 0.508 e. The number of nitrogens with zero attached hydrogens (tertiary/aromatic N) is 2. The van der Waals surface area contributed by atoms with Crippen molar-refractivity contribution >= 4 is 10.9 Å². The maximum atomic E-state index is 9.54. The fourth-order valence-electron chi connectivity index (χ4n) is 1.99. The molecule has 0 spiro atoms. The van der Waals surface area contributed by atoms with Gasteiger partial charge in [-0.1, -0.05) is 5.16 Å². The van der Waals surface area contributed by atoms with E-state index in [4.69, 9.17) is 4.52 Å². The zero-order valence-corrected chi connectivity index (χ0v) is 9.48. The molecule has 2 aromatic heterocycles. The van der Waals surface area contributed by atoms with Crippen LogP contribution in [-0.2, 0) is 0 Å². The molecule has 0 bridgehead atoms. The van der Waals surface area contributed by atoms with E-state index in [-0.39, 0.29) is 5.75 Å². The van der Waals surface area contributed by atoms with Gasteiger partial charge in [0.25, 0.3) is 5.89 Å². The summed E-state index contributed by atoms with van der Waals surface area (Å²) in [6.07, 6.45) is 0. The summed E-state index contributed by atoms with van der Waals surface area (Å²) in [6, 6.07) is 5.15. The number of hydrogen-bond donors (Lipinski definition) is 2. The van der Waals surface area contributed by atoms with Crippen molar-refractivity contribution in [3.8, 4) is 17.2 Å². The van der Waals surface area contributed by atoms with Crippen molar-refractivity contribution in [1.29, 1.82) is 0 Å². The quantitative estimate of drug-likeness (QED) is 0.672. The Bertz CT molecular complexity index is 697. The van der Waals surface area contributed by atoms with Gasteiger partial charge in [-0.05, 0) is 32.0 Å². The molecule has 5 nitrogen and oxygen atoms in total. The SMILES string of the molecule is Cc1noc(-c2c(C)[nH]c3ccc(O)cc23)n1. The summed E-state index contributed by atoms with van der Waals surface area (Å²) >= 11 is 0. The number of benzene rings is 1. The lowest BCUT2D eigenvalue weighted by atomic mass is 10.1. The van der Waals surface area contributed by atoms with Gasteiger partial charge in [0.05, 0.1) is 5.56 Å². The third kappa shape index (κ3) is 1.47. The number of aromatic nitrogens is 3. The van der Waals surface area contributed by atoms with E-state index in [0.717, 1.165) is 22.2 Å². The van der Waals surface area contributed by atoms with Gasteiger partial charge in [0.1, 0.15) is 5.75 Å². The average Bonchev–Trinajstić information content (AvgIpc) is 2.81. The van der Waals surface area contributed by atoms with Gasteiger partial charge in [0.2, 0.25) is 0 Å². The summed E-state index contributed by atoms with van der Waals surface area (Å²) in [7, 11) is 0. The molecule has 0 unspecified atom stereocenters. The first-order chi connectivity index (χ1) is 8.15. The predicted molar refractivity (Wildman–Crippen MR) is 62.7 cm³/mol. The number of phenolic OH excluding ortho intramolecular Hbond substituents is 1. The number of aromatic amines is 1. The number of aromatic hydroxyl groups is 1. The number of hydrogen-bond acceptors (Lipinski definition) is 4. The third-order valence-electron chi connectivity index (χ3n) is 2.71. The first-order valence-corrected chi connectivity index (χ1v) is 5.27. The topological polar surface area (TPSA) is 74.9 Å². The molecule has 0 aliphatic rings. The molecule has 2 heterocycles. The Morgan fingerprint density at radius 2 is 2.12 bits per heavy atom. The van der Waals surface area contributed by atoms with Gasteiger partial charge in [-0.15, -0.1) is 0 Å². The normalized spacial score (nSPS) is 11.2. The molecule has 2 N–H and O–H groups in total. The Morgan fingerprint density at radius 3 is 2.82 bits per heavy atom. The van der Waals surface area contributed by atoms with Crippen LogP contribution in [0, 0.1) is 13.8 Å². The molecule has 3 rings (SSSR count). The number of nitrogens with one attached hydrogen (secondary N) is 1. The smallest absolute Gasteiger partial charge is 0.260 e. The zero-order valence-electron chi connectivity index (χ0n) is 9.48. The van der Waals surface area contributed by atoms with Gasteiger partial charge < -0.3 is 14.6 Å². The van der Waals surface area contributed by atoms with E-state index >= 15 is 0 Å². The Balaban J connectivity index is 2.34. The third-order valence-corrected chi connectivity index (χ3v) is 2.71. The fourth-order valence-corrected chi connectivity index (χ4v) is 1.99. The van der Waals surface area contributed by atoms with E-state index < -0.39 is 0 Å².